The summed E-state index contributed by atoms with van der Waals surface area (Å²) >= 11 is 0. The summed E-state index contributed by atoms with van der Waals surface area (Å²) in [5, 5.41) is 5.62. The molecule has 11 aromatic carbocycles. The number of benzene rings is 11. The minimum absolute atomic E-state index is 0.105. The van der Waals surface area contributed by atoms with Gasteiger partial charge in [0.15, 0.2) is 6.23 Å². The zero-order chi connectivity index (χ0) is 68.5. The molecule has 0 saturated carbocycles. The fourth-order valence-corrected chi connectivity index (χ4v) is 13.1. The van der Waals surface area contributed by atoms with Crippen LogP contribution in [0.1, 0.15) is 71.5 Å². The molecule has 5 atom stereocenters. The highest BCUT2D eigenvalue weighted by Gasteiger charge is 2.51. The standard InChI is InChI=1S/C68H56N2O10.C18H23NO2/c71-67-59-57-52-33-31-50(74-38-45-21-9-2-10-22-45)35-54(52)69-61(57)62-58(60(59)68(72)80-67)53-34-32-51(75-39-46-23-11-3-12-24-46)36-55(53)70(62)66-65(78-42-49-29-17-6-18-30-49)64(77-41-48-27-15-5-16-28-48)63(76-40-47-25-13-4-14-26-47)56(79-66)43-73-37-44-19-7-1-8-20-44;1-19-18(14-20-12-16-8-4-2-5-9-16)15-21-13-17-10-6-3-7-11-17/h1-36,56,63-66,69H,37-43H2;2-11,18-19H,12-15H2,1H3. The van der Waals surface area contributed by atoms with E-state index < -0.39 is 42.6 Å². The van der Waals surface area contributed by atoms with Crippen LogP contribution in [0.3, 0.4) is 0 Å². The van der Waals surface area contributed by atoms with E-state index in [-0.39, 0.29) is 43.6 Å². The lowest BCUT2D eigenvalue weighted by atomic mass is 9.95. The molecule has 0 radical (unpaired) electrons. The second-order valence-electron chi connectivity index (χ2n) is 25.2. The summed E-state index contributed by atoms with van der Waals surface area (Å²) in [6.45, 7) is 4.26. The van der Waals surface area contributed by atoms with Gasteiger partial charge in [0.05, 0.1) is 98.7 Å². The van der Waals surface area contributed by atoms with Gasteiger partial charge in [0.1, 0.15) is 49.1 Å². The van der Waals surface area contributed by atoms with Crippen molar-refractivity contribution in [2.24, 2.45) is 0 Å². The van der Waals surface area contributed by atoms with Gasteiger partial charge in [-0.3, -0.25) is 0 Å². The maximum absolute atomic E-state index is 14.5. The van der Waals surface area contributed by atoms with Crippen LogP contribution in [0.2, 0.25) is 0 Å². The number of ether oxygens (including phenoxy) is 10. The Balaban J connectivity index is 0.000000354. The van der Waals surface area contributed by atoms with Crippen LogP contribution in [-0.2, 0) is 90.7 Å². The Bertz CT molecular complexity index is 4770. The zero-order valence-corrected chi connectivity index (χ0v) is 56.1. The third-order valence-corrected chi connectivity index (χ3v) is 18.2. The minimum atomic E-state index is -1.02. The molecule has 2 N–H and O–H groups in total. The van der Waals surface area contributed by atoms with Gasteiger partial charge in [-0.1, -0.05) is 243 Å². The monoisotopic (exact) mass is 1350 g/mol. The van der Waals surface area contributed by atoms with E-state index in [1.54, 1.807) is 0 Å². The largest absolute Gasteiger partial charge is 0.489 e. The number of hydrogen-bond donors (Lipinski definition) is 2. The van der Waals surface area contributed by atoms with Crippen LogP contribution in [0.25, 0.3) is 43.6 Å². The number of aromatic nitrogens is 2. The Hall–Kier alpha value is -10.6. The summed E-state index contributed by atoms with van der Waals surface area (Å²) in [7, 11) is 1.93. The number of fused-ring (bicyclic) bond motifs is 10. The van der Waals surface area contributed by atoms with E-state index in [4.69, 9.17) is 47.4 Å². The van der Waals surface area contributed by atoms with Crippen molar-refractivity contribution in [3.8, 4) is 11.5 Å². The molecule has 1 fully saturated rings. The van der Waals surface area contributed by atoms with Crippen LogP contribution in [0, 0.1) is 0 Å². The summed E-state index contributed by atoms with van der Waals surface area (Å²) in [5.74, 6) is -0.296. The lowest BCUT2D eigenvalue weighted by molar-refractivity contribution is -0.288. The van der Waals surface area contributed by atoms with Crippen LogP contribution >= 0.6 is 0 Å². The third-order valence-electron chi connectivity index (χ3n) is 18.2. The number of esters is 2. The van der Waals surface area contributed by atoms with Gasteiger partial charge in [-0.2, -0.15) is 0 Å². The lowest BCUT2D eigenvalue weighted by Crippen LogP contribution is -2.59. The molecule has 2 aliphatic rings. The molecule has 0 bridgehead atoms. The number of hydrogen-bond acceptors (Lipinski definition) is 13. The van der Waals surface area contributed by atoms with Crippen LogP contribution in [0.5, 0.6) is 11.5 Å². The molecule has 15 nitrogen and oxygen atoms in total. The normalized spacial score (nSPS) is 16.6. The van der Waals surface area contributed by atoms with E-state index in [1.165, 1.54) is 11.1 Å². The van der Waals surface area contributed by atoms with Crippen LogP contribution in [0.15, 0.2) is 279 Å². The van der Waals surface area contributed by atoms with Gasteiger partial charge in [-0.05, 0) is 75.8 Å². The molecule has 101 heavy (non-hydrogen) atoms. The van der Waals surface area contributed by atoms with Crippen molar-refractivity contribution in [2.45, 2.75) is 89.5 Å². The summed E-state index contributed by atoms with van der Waals surface area (Å²) < 4.78 is 68.2. The Morgan fingerprint density at radius 1 is 0.416 bits per heavy atom. The minimum Gasteiger partial charge on any atom is -0.489 e. The molecule has 5 unspecified atom stereocenters. The van der Waals surface area contributed by atoms with Crippen molar-refractivity contribution in [2.75, 3.05) is 26.9 Å². The first-order valence-corrected chi connectivity index (χ1v) is 34.2. The van der Waals surface area contributed by atoms with E-state index in [0.29, 0.717) is 101 Å². The maximum atomic E-state index is 14.5. The highest BCUT2D eigenvalue weighted by molar-refractivity contribution is 6.36. The molecule has 2 aliphatic heterocycles. The maximum Gasteiger partial charge on any atom is 0.347 e. The molecule has 0 amide bonds. The smallest absolute Gasteiger partial charge is 0.347 e. The van der Waals surface area contributed by atoms with E-state index in [1.807, 2.05) is 262 Å². The summed E-state index contributed by atoms with van der Waals surface area (Å²) in [6.07, 6.45) is -4.24. The van der Waals surface area contributed by atoms with E-state index in [9.17, 15) is 9.59 Å². The Kier molecular flexibility index (Phi) is 22.1. The first-order valence-electron chi connectivity index (χ1n) is 34.2. The van der Waals surface area contributed by atoms with Gasteiger partial charge in [0, 0.05) is 33.7 Å². The number of aromatic amines is 1. The summed E-state index contributed by atoms with van der Waals surface area (Å²) in [6, 6.07) is 92.1. The Labute approximate surface area is 587 Å². The molecule has 4 heterocycles. The molecule has 15 rings (SSSR count). The number of nitrogens with one attached hydrogen (secondary N) is 2. The second kappa shape index (κ2) is 33.1. The van der Waals surface area contributed by atoms with Crippen molar-refractivity contribution in [1.82, 2.24) is 14.9 Å². The number of rotatable bonds is 29. The van der Waals surface area contributed by atoms with Crippen LogP contribution in [-0.4, -0.2) is 78.8 Å². The van der Waals surface area contributed by atoms with E-state index in [2.05, 4.69) is 39.1 Å². The van der Waals surface area contributed by atoms with Crippen molar-refractivity contribution in [1.29, 1.82) is 0 Å². The van der Waals surface area contributed by atoms with Gasteiger partial charge >= 0.3 is 11.9 Å². The van der Waals surface area contributed by atoms with Gasteiger partial charge < -0.3 is 62.2 Å². The quantitative estimate of drug-likeness (QED) is 0.0337. The number of nitrogens with zero attached hydrogens (tertiary/aromatic N) is 1. The Morgan fingerprint density at radius 2 is 0.802 bits per heavy atom. The molecule has 510 valence electrons. The Morgan fingerprint density at radius 3 is 1.26 bits per heavy atom. The SMILES string of the molecule is CNC(COCc1ccccc1)COCc1ccccc1.O=C1OC(=O)c2c1c1c3ccc(OCc4ccccc4)cc3[nH]c1c1c2c2ccc(OCc3ccccc3)cc2n1C1OC(COCc2ccccc2)C(OCc2ccccc2)C(OCc2ccccc2)C1OCc1ccccc1. The highest BCUT2D eigenvalue weighted by Crippen LogP contribution is 2.49. The third kappa shape index (κ3) is 16.4. The van der Waals surface area contributed by atoms with Gasteiger partial charge in [-0.25, -0.2) is 9.59 Å². The van der Waals surface area contributed by atoms with Crippen molar-refractivity contribution in [3.63, 3.8) is 0 Å². The number of carbonyl (C=O) groups excluding carboxylic acids is 2. The van der Waals surface area contributed by atoms with Crippen LogP contribution in [0.4, 0.5) is 0 Å². The molecule has 13 aromatic rings. The number of cyclic esters (lactones) is 2. The van der Waals surface area contributed by atoms with Crippen molar-refractivity contribution in [3.05, 3.63) is 335 Å². The van der Waals surface area contributed by atoms with Gasteiger partial charge in [0.2, 0.25) is 0 Å². The first kappa shape index (κ1) is 67.6. The molecular weight excluding hydrogens is 1270 g/mol. The average molecular weight is 1350 g/mol. The predicted molar refractivity (Wildman–Crippen MR) is 390 cm³/mol. The summed E-state index contributed by atoms with van der Waals surface area (Å²) in [4.78, 5) is 32.5. The predicted octanol–water partition coefficient (Wildman–Crippen LogP) is 16.8. The first-order chi connectivity index (χ1) is 49.9. The van der Waals surface area contributed by atoms with Gasteiger partial charge in [0.25, 0.3) is 0 Å². The molecule has 0 spiro atoms. The fraction of sp³-hybridized carbons (Fsp3) is 0.209. The summed E-state index contributed by atoms with van der Waals surface area (Å²) in [5.41, 5.74) is 11.1. The van der Waals surface area contributed by atoms with E-state index >= 15 is 0 Å². The van der Waals surface area contributed by atoms with E-state index in [0.717, 1.165) is 33.4 Å². The van der Waals surface area contributed by atoms with Crippen LogP contribution < -0.4 is 14.8 Å². The van der Waals surface area contributed by atoms with Crippen molar-refractivity contribution < 1.29 is 57.0 Å². The molecule has 15 heteroatoms. The van der Waals surface area contributed by atoms with Gasteiger partial charge in [-0.15, -0.1) is 0 Å². The molecular formula is C86H79N3O12. The lowest BCUT2D eigenvalue weighted by Gasteiger charge is -2.47. The topological polar surface area (TPSA) is 159 Å². The number of H-pyrrole nitrogens is 1. The van der Waals surface area contributed by atoms with Crippen molar-refractivity contribution >= 4 is 55.6 Å². The second-order valence-corrected chi connectivity index (χ2v) is 25.2. The zero-order valence-electron chi connectivity index (χ0n) is 56.1. The number of likely N-dealkylation sites (N-methyl/N-ethyl adjacent to an activating group) is 1. The number of carbonyl (C=O) groups is 2. The molecule has 0 aliphatic carbocycles. The highest BCUT2D eigenvalue weighted by atomic mass is 16.6. The molecule has 1 saturated heterocycles. The fourth-order valence-electron chi connectivity index (χ4n) is 13.1. The average Bonchev–Trinajstić information content (AvgIpc) is 1.53. The molecule has 2 aromatic heterocycles.